The lowest BCUT2D eigenvalue weighted by Crippen LogP contribution is -2.67. The first kappa shape index (κ1) is 10.7. The lowest BCUT2D eigenvalue weighted by atomic mass is 9.43. The van der Waals surface area contributed by atoms with Gasteiger partial charge in [-0.15, -0.1) is 0 Å². The van der Waals surface area contributed by atoms with E-state index in [9.17, 15) is 0 Å². The van der Waals surface area contributed by atoms with Crippen molar-refractivity contribution < 1.29 is 9.47 Å². The van der Waals surface area contributed by atoms with Crippen LogP contribution in [0.5, 0.6) is 0 Å². The van der Waals surface area contributed by atoms with Gasteiger partial charge in [0, 0.05) is 10.8 Å². The van der Waals surface area contributed by atoms with E-state index in [4.69, 9.17) is 9.47 Å². The van der Waals surface area contributed by atoms with Crippen molar-refractivity contribution in [3.8, 4) is 0 Å². The third-order valence-electron chi connectivity index (χ3n) is 11.6. The molecule has 22 heavy (non-hydrogen) atoms. The van der Waals surface area contributed by atoms with Crippen LogP contribution in [0.4, 0.5) is 0 Å². The Balaban J connectivity index is 1.41. The molecule has 8 aliphatic carbocycles. The smallest absolute Gasteiger partial charge is 0.0609 e. The molecule has 0 aromatic carbocycles. The Morgan fingerprint density at radius 3 is 1.55 bits per heavy atom. The molecule has 10 fully saturated rings. The van der Waals surface area contributed by atoms with Crippen molar-refractivity contribution in [1.29, 1.82) is 0 Å². The zero-order chi connectivity index (χ0) is 13.6. The van der Waals surface area contributed by atoms with Crippen molar-refractivity contribution in [2.24, 2.45) is 70.0 Å². The minimum Gasteiger partial charge on any atom is -0.377 e. The fourth-order valence-electron chi connectivity index (χ4n) is 12.4. The van der Waals surface area contributed by atoms with E-state index < -0.39 is 0 Å². The Labute approximate surface area is 131 Å². The fourth-order valence-corrected chi connectivity index (χ4v) is 12.4. The molecule has 116 valence electrons. The highest BCUT2D eigenvalue weighted by Gasteiger charge is 2.98. The average Bonchev–Trinajstić information content (AvgIpc) is 3.29. The second kappa shape index (κ2) is 2.65. The largest absolute Gasteiger partial charge is 0.377 e. The van der Waals surface area contributed by atoms with Crippen LogP contribution in [0.2, 0.25) is 0 Å². The number of hydrogen-bond acceptors (Lipinski definition) is 2. The van der Waals surface area contributed by atoms with Crippen molar-refractivity contribution in [3.05, 3.63) is 0 Å². The third kappa shape index (κ3) is 0.624. The van der Waals surface area contributed by atoms with Gasteiger partial charge in [-0.3, -0.25) is 0 Å². The van der Waals surface area contributed by atoms with Crippen molar-refractivity contribution in [3.63, 3.8) is 0 Å². The van der Waals surface area contributed by atoms with Gasteiger partial charge in [-0.1, -0.05) is 0 Å². The van der Waals surface area contributed by atoms with Gasteiger partial charge in [0.1, 0.15) is 0 Å². The molecule has 0 aromatic rings. The number of ether oxygens (including phenoxy) is 2. The van der Waals surface area contributed by atoms with Crippen molar-refractivity contribution in [1.82, 2.24) is 0 Å². The predicted octanol–water partition coefficient (Wildman–Crippen LogP) is 2.57. The topological polar surface area (TPSA) is 18.5 Å². The van der Waals surface area contributed by atoms with Gasteiger partial charge in [0.15, 0.2) is 0 Å². The summed E-state index contributed by atoms with van der Waals surface area (Å²) in [5.74, 6) is 10.6. The molecule has 0 aromatic heterocycles. The Hall–Kier alpha value is -0.0800. The van der Waals surface area contributed by atoms with Crippen molar-refractivity contribution in [2.45, 2.75) is 37.9 Å². The highest BCUT2D eigenvalue weighted by Crippen LogP contribution is 2.98. The summed E-state index contributed by atoms with van der Waals surface area (Å²) < 4.78 is 13.3. The molecule has 8 saturated carbocycles. The second-order valence-electron chi connectivity index (χ2n) is 10.7. The third-order valence-corrected chi connectivity index (χ3v) is 11.6. The van der Waals surface area contributed by atoms with Crippen molar-refractivity contribution >= 4 is 0 Å². The SMILES string of the molecule is C1C[C@H]2OC[C@]34[C@H]5[C@@H]6[C@H]7[C@H]8[C@H]9[C@@H](CC[C@H]9OC[C@]83[C@@H]6[C@H]1[C@@H]52)[C@@H]74. The van der Waals surface area contributed by atoms with Crippen LogP contribution in [-0.2, 0) is 9.47 Å². The van der Waals surface area contributed by atoms with E-state index in [-0.39, 0.29) is 0 Å². The summed E-state index contributed by atoms with van der Waals surface area (Å²) in [6.07, 6.45) is 7.09. The van der Waals surface area contributed by atoms with Crippen LogP contribution in [0.25, 0.3) is 0 Å². The molecular weight excluding hydrogens is 272 g/mol. The molecule has 14 atom stereocenters. The van der Waals surface area contributed by atoms with Gasteiger partial charge in [-0.2, -0.15) is 0 Å². The Morgan fingerprint density at radius 1 is 0.545 bits per heavy atom. The molecule has 2 saturated heterocycles. The monoisotopic (exact) mass is 296 g/mol. The summed E-state index contributed by atoms with van der Waals surface area (Å²) in [4.78, 5) is 0. The minimum atomic E-state index is 0.607. The van der Waals surface area contributed by atoms with E-state index in [0.717, 1.165) is 72.4 Å². The van der Waals surface area contributed by atoms with E-state index >= 15 is 0 Å². The fraction of sp³-hybridized carbons (Fsp3) is 1.00. The van der Waals surface area contributed by atoms with Gasteiger partial charge in [-0.05, 0) is 84.9 Å². The van der Waals surface area contributed by atoms with E-state index in [0.29, 0.717) is 23.0 Å². The quantitative estimate of drug-likeness (QED) is 0.684. The molecule has 0 radical (unpaired) electrons. The van der Waals surface area contributed by atoms with Gasteiger partial charge in [0.05, 0.1) is 25.4 Å². The van der Waals surface area contributed by atoms with Crippen LogP contribution in [0.3, 0.4) is 0 Å². The van der Waals surface area contributed by atoms with Crippen LogP contribution in [0, 0.1) is 70.0 Å². The summed E-state index contributed by atoms with van der Waals surface area (Å²) in [5, 5.41) is 0. The highest BCUT2D eigenvalue weighted by molar-refractivity contribution is 5.44. The second-order valence-corrected chi connectivity index (χ2v) is 10.7. The van der Waals surface area contributed by atoms with Crippen molar-refractivity contribution in [2.75, 3.05) is 13.2 Å². The molecule has 2 aliphatic heterocycles. The van der Waals surface area contributed by atoms with Crippen LogP contribution < -0.4 is 0 Å². The average molecular weight is 296 g/mol. The summed E-state index contributed by atoms with van der Waals surface area (Å²) >= 11 is 0. The molecule has 0 amide bonds. The highest BCUT2D eigenvalue weighted by atomic mass is 16.5. The molecule has 0 N–H and O–H groups in total. The normalized spacial score (nSPS) is 85.1. The molecule has 8 bridgehead atoms. The lowest BCUT2D eigenvalue weighted by molar-refractivity contribution is -0.275. The molecule has 10 aliphatic rings. The summed E-state index contributed by atoms with van der Waals surface area (Å²) in [6.45, 7) is 2.29. The van der Waals surface area contributed by atoms with Crippen LogP contribution in [0.1, 0.15) is 25.7 Å². The van der Waals surface area contributed by atoms with Gasteiger partial charge in [0.25, 0.3) is 0 Å². The van der Waals surface area contributed by atoms with E-state index in [1.807, 2.05) is 0 Å². The Bertz CT molecular complexity index is 588. The van der Waals surface area contributed by atoms with Gasteiger partial charge < -0.3 is 9.47 Å². The summed E-state index contributed by atoms with van der Waals surface area (Å²) in [6, 6.07) is 0. The van der Waals surface area contributed by atoms with Gasteiger partial charge in [-0.25, -0.2) is 0 Å². The van der Waals surface area contributed by atoms with Crippen LogP contribution >= 0.6 is 0 Å². The molecular formula is C20H24O2. The standard InChI is InChI=1S/C20H24O2/c1-3-9-11-7(1)15-13-14-16-8-2-4-10-12(8)18(14)19(15,5-22-10)20(16,6-21-9)17(11)13/h7-18H,1-6H2/t7-,8-,9-,10-,11-,12+,13-,14-,15-,16+,17-,18-,19+,20+/m1/s1. The zero-order valence-corrected chi connectivity index (χ0v) is 13.0. The molecule has 2 heterocycles. The van der Waals surface area contributed by atoms with Crippen LogP contribution in [0.15, 0.2) is 0 Å². The van der Waals surface area contributed by atoms with E-state index in [1.165, 1.54) is 25.7 Å². The number of rotatable bonds is 0. The van der Waals surface area contributed by atoms with Crippen LogP contribution in [-0.4, -0.2) is 25.4 Å². The number of hydrogen-bond donors (Lipinski definition) is 0. The molecule has 2 spiro atoms. The first-order chi connectivity index (χ1) is 10.9. The minimum absolute atomic E-state index is 0.607. The predicted molar refractivity (Wildman–Crippen MR) is 77.7 cm³/mol. The molecule has 2 heteroatoms. The zero-order valence-electron chi connectivity index (χ0n) is 13.0. The Kier molecular flexibility index (Phi) is 1.29. The maximum absolute atomic E-state index is 6.64. The maximum Gasteiger partial charge on any atom is 0.0609 e. The molecule has 0 unspecified atom stereocenters. The lowest BCUT2D eigenvalue weighted by Gasteiger charge is -2.65. The summed E-state index contributed by atoms with van der Waals surface area (Å²) in [5.41, 5.74) is 1.21. The summed E-state index contributed by atoms with van der Waals surface area (Å²) in [7, 11) is 0. The van der Waals surface area contributed by atoms with E-state index in [1.54, 1.807) is 0 Å². The maximum atomic E-state index is 6.64. The molecule has 10 rings (SSSR count). The first-order valence-electron chi connectivity index (χ1n) is 10.1. The van der Waals surface area contributed by atoms with Gasteiger partial charge in [0.2, 0.25) is 0 Å². The van der Waals surface area contributed by atoms with Gasteiger partial charge >= 0.3 is 0 Å². The Morgan fingerprint density at radius 2 is 1.05 bits per heavy atom. The first-order valence-corrected chi connectivity index (χ1v) is 10.1. The van der Waals surface area contributed by atoms with E-state index in [2.05, 4.69) is 0 Å². The molecule has 2 nitrogen and oxygen atoms in total.